The largest absolute Gasteiger partial charge is 0.368 e. The van der Waals surface area contributed by atoms with Gasteiger partial charge in [0.1, 0.15) is 5.82 Å². The van der Waals surface area contributed by atoms with Gasteiger partial charge in [-0.15, -0.1) is 0 Å². The lowest BCUT2D eigenvalue weighted by atomic mass is 10.2. The summed E-state index contributed by atoms with van der Waals surface area (Å²) in [6.45, 7) is 6.01. The fourth-order valence-corrected chi connectivity index (χ4v) is 3.77. The van der Waals surface area contributed by atoms with Crippen LogP contribution < -0.4 is 9.80 Å². The summed E-state index contributed by atoms with van der Waals surface area (Å²) in [5, 5.41) is 0. The van der Waals surface area contributed by atoms with E-state index in [9.17, 15) is 4.79 Å². The summed E-state index contributed by atoms with van der Waals surface area (Å²) >= 11 is 0. The van der Waals surface area contributed by atoms with Crippen LogP contribution in [0.3, 0.4) is 0 Å². The van der Waals surface area contributed by atoms with Crippen LogP contribution in [0, 0.1) is 0 Å². The van der Waals surface area contributed by atoms with E-state index in [-0.39, 0.29) is 5.91 Å². The smallest absolute Gasteiger partial charge is 0.254 e. The highest BCUT2D eigenvalue weighted by molar-refractivity contribution is 5.95. The van der Waals surface area contributed by atoms with Crippen molar-refractivity contribution < 1.29 is 4.79 Å². The normalized spacial score (nSPS) is 14.0. The lowest BCUT2D eigenvalue weighted by Crippen LogP contribution is -2.48. The Morgan fingerprint density at radius 3 is 2.24 bits per heavy atom. The molecular formula is C24H26N4O. The zero-order valence-electron chi connectivity index (χ0n) is 16.7. The third-order valence-electron chi connectivity index (χ3n) is 5.34. The molecule has 0 spiro atoms. The van der Waals surface area contributed by atoms with Crippen molar-refractivity contribution in [3.05, 3.63) is 84.6 Å². The minimum Gasteiger partial charge on any atom is -0.368 e. The van der Waals surface area contributed by atoms with E-state index in [0.29, 0.717) is 5.56 Å². The first-order valence-corrected chi connectivity index (χ1v) is 10.1. The molecule has 0 radical (unpaired) electrons. The van der Waals surface area contributed by atoms with Gasteiger partial charge in [-0.2, -0.15) is 0 Å². The standard InChI is InChI=1S/C24H26N4O/c1-2-28(22-11-7-4-8-12-22)23-19-20(13-14-25-23)24(29)27-17-15-26(16-18-27)21-9-5-3-6-10-21/h3-14,19H,2,15-18H2,1H3. The van der Waals surface area contributed by atoms with Gasteiger partial charge in [-0.1, -0.05) is 36.4 Å². The predicted octanol–water partition coefficient (Wildman–Crippen LogP) is 4.20. The molecule has 4 rings (SSSR count). The highest BCUT2D eigenvalue weighted by Gasteiger charge is 2.23. The molecule has 1 aliphatic heterocycles. The Hall–Kier alpha value is -3.34. The number of carbonyl (C=O) groups excluding carboxylic acids is 1. The molecule has 0 saturated carbocycles. The zero-order chi connectivity index (χ0) is 20.1. The van der Waals surface area contributed by atoms with Gasteiger partial charge in [0.05, 0.1) is 0 Å². The second-order valence-electron chi connectivity index (χ2n) is 7.10. The van der Waals surface area contributed by atoms with Gasteiger partial charge in [-0.05, 0) is 43.3 Å². The Kier molecular flexibility index (Phi) is 5.75. The minimum atomic E-state index is 0.0745. The van der Waals surface area contributed by atoms with Crippen LogP contribution in [0.25, 0.3) is 0 Å². The van der Waals surface area contributed by atoms with Crippen LogP contribution in [0.15, 0.2) is 79.0 Å². The van der Waals surface area contributed by atoms with Crippen LogP contribution in [0.2, 0.25) is 0 Å². The van der Waals surface area contributed by atoms with E-state index < -0.39 is 0 Å². The molecule has 3 aromatic rings. The van der Waals surface area contributed by atoms with Crippen LogP contribution in [0.5, 0.6) is 0 Å². The number of carbonyl (C=O) groups is 1. The summed E-state index contributed by atoms with van der Waals surface area (Å²) in [4.78, 5) is 24.0. The van der Waals surface area contributed by atoms with Crippen LogP contribution >= 0.6 is 0 Å². The number of nitrogens with zero attached hydrogens (tertiary/aromatic N) is 4. The van der Waals surface area contributed by atoms with E-state index in [1.165, 1.54) is 5.69 Å². The lowest BCUT2D eigenvalue weighted by molar-refractivity contribution is 0.0746. The van der Waals surface area contributed by atoms with Crippen molar-refractivity contribution in [1.82, 2.24) is 9.88 Å². The Morgan fingerprint density at radius 2 is 1.59 bits per heavy atom. The molecule has 0 unspecified atom stereocenters. The maximum atomic E-state index is 13.1. The summed E-state index contributed by atoms with van der Waals surface area (Å²) < 4.78 is 0. The van der Waals surface area contributed by atoms with E-state index in [0.717, 1.165) is 44.2 Å². The Bertz CT molecular complexity index is 937. The highest BCUT2D eigenvalue weighted by Crippen LogP contribution is 2.24. The number of hydrogen-bond donors (Lipinski definition) is 0. The van der Waals surface area contributed by atoms with Gasteiger partial charge < -0.3 is 14.7 Å². The molecule has 2 aromatic carbocycles. The lowest BCUT2D eigenvalue weighted by Gasteiger charge is -2.36. The van der Waals surface area contributed by atoms with Crippen molar-refractivity contribution in [3.63, 3.8) is 0 Å². The third kappa shape index (κ3) is 4.24. The average Bonchev–Trinajstić information content (AvgIpc) is 2.81. The number of para-hydroxylation sites is 2. The minimum absolute atomic E-state index is 0.0745. The first kappa shape index (κ1) is 19.0. The fourth-order valence-electron chi connectivity index (χ4n) is 3.77. The maximum Gasteiger partial charge on any atom is 0.254 e. The maximum absolute atomic E-state index is 13.1. The predicted molar refractivity (Wildman–Crippen MR) is 118 cm³/mol. The van der Waals surface area contributed by atoms with Crippen molar-refractivity contribution in [2.75, 3.05) is 42.5 Å². The van der Waals surface area contributed by atoms with Crippen LogP contribution in [-0.2, 0) is 0 Å². The summed E-state index contributed by atoms with van der Waals surface area (Å²) in [6.07, 6.45) is 1.73. The molecule has 2 heterocycles. The quantitative estimate of drug-likeness (QED) is 0.659. The molecule has 1 saturated heterocycles. The number of anilines is 3. The van der Waals surface area contributed by atoms with Crippen molar-refractivity contribution in [1.29, 1.82) is 0 Å². The van der Waals surface area contributed by atoms with Gasteiger partial charge in [0.15, 0.2) is 0 Å². The van der Waals surface area contributed by atoms with E-state index >= 15 is 0 Å². The number of benzene rings is 2. The van der Waals surface area contributed by atoms with Crippen molar-refractivity contribution >= 4 is 23.1 Å². The first-order chi connectivity index (χ1) is 14.3. The fraction of sp³-hybridized carbons (Fsp3) is 0.250. The molecular weight excluding hydrogens is 360 g/mol. The molecule has 1 aliphatic rings. The molecule has 148 valence electrons. The van der Waals surface area contributed by atoms with Gasteiger partial charge in [-0.3, -0.25) is 4.79 Å². The van der Waals surface area contributed by atoms with Crippen LogP contribution in [0.1, 0.15) is 17.3 Å². The molecule has 0 bridgehead atoms. The zero-order valence-corrected chi connectivity index (χ0v) is 16.7. The molecule has 5 nitrogen and oxygen atoms in total. The van der Waals surface area contributed by atoms with Crippen LogP contribution in [0.4, 0.5) is 17.2 Å². The Labute approximate surface area is 172 Å². The number of piperazine rings is 1. The summed E-state index contributed by atoms with van der Waals surface area (Å²) in [7, 11) is 0. The van der Waals surface area contributed by atoms with Crippen molar-refractivity contribution in [2.45, 2.75) is 6.92 Å². The summed E-state index contributed by atoms with van der Waals surface area (Å²) in [5.74, 6) is 0.873. The molecule has 0 N–H and O–H groups in total. The number of amides is 1. The molecule has 0 atom stereocenters. The molecule has 5 heteroatoms. The van der Waals surface area contributed by atoms with E-state index in [2.05, 4.69) is 58.1 Å². The Balaban J connectivity index is 1.46. The van der Waals surface area contributed by atoms with E-state index in [4.69, 9.17) is 0 Å². The molecule has 1 fully saturated rings. The summed E-state index contributed by atoms with van der Waals surface area (Å²) in [6, 6.07) is 24.2. The number of hydrogen-bond acceptors (Lipinski definition) is 4. The SMILES string of the molecule is CCN(c1ccccc1)c1cc(C(=O)N2CCN(c3ccccc3)CC2)ccn1. The summed E-state index contributed by atoms with van der Waals surface area (Å²) in [5.41, 5.74) is 2.98. The topological polar surface area (TPSA) is 39.7 Å². The molecule has 1 amide bonds. The number of aromatic nitrogens is 1. The van der Waals surface area contributed by atoms with Gasteiger partial charge in [0, 0.05) is 55.9 Å². The molecule has 1 aromatic heterocycles. The number of rotatable bonds is 5. The van der Waals surface area contributed by atoms with Gasteiger partial charge in [0.25, 0.3) is 5.91 Å². The molecule has 29 heavy (non-hydrogen) atoms. The third-order valence-corrected chi connectivity index (χ3v) is 5.34. The highest BCUT2D eigenvalue weighted by atomic mass is 16.2. The van der Waals surface area contributed by atoms with Gasteiger partial charge in [-0.25, -0.2) is 4.98 Å². The Morgan fingerprint density at radius 1 is 0.931 bits per heavy atom. The second kappa shape index (κ2) is 8.78. The van der Waals surface area contributed by atoms with E-state index in [1.54, 1.807) is 6.20 Å². The van der Waals surface area contributed by atoms with E-state index in [1.807, 2.05) is 41.3 Å². The van der Waals surface area contributed by atoms with Gasteiger partial charge in [0.2, 0.25) is 0 Å². The first-order valence-electron chi connectivity index (χ1n) is 10.1. The second-order valence-corrected chi connectivity index (χ2v) is 7.10. The van der Waals surface area contributed by atoms with Crippen LogP contribution in [-0.4, -0.2) is 48.5 Å². The van der Waals surface area contributed by atoms with Crippen molar-refractivity contribution in [2.24, 2.45) is 0 Å². The number of pyridine rings is 1. The monoisotopic (exact) mass is 386 g/mol. The van der Waals surface area contributed by atoms with Gasteiger partial charge >= 0.3 is 0 Å². The van der Waals surface area contributed by atoms with Crippen molar-refractivity contribution in [3.8, 4) is 0 Å². The molecule has 0 aliphatic carbocycles. The average molecular weight is 386 g/mol.